The fourth-order valence-corrected chi connectivity index (χ4v) is 0.849. The minimum absolute atomic E-state index is 0.105. The zero-order valence-corrected chi connectivity index (χ0v) is 8.14. The summed E-state index contributed by atoms with van der Waals surface area (Å²) in [4.78, 5) is 7.86. The van der Waals surface area contributed by atoms with Gasteiger partial charge in [-0.2, -0.15) is 0 Å². The Bertz CT molecular complexity index is 251. The van der Waals surface area contributed by atoms with E-state index < -0.39 is 0 Å². The molecule has 0 amide bonds. The number of hydrogen-bond donors (Lipinski definition) is 1. The van der Waals surface area contributed by atoms with Gasteiger partial charge >= 0.3 is 0 Å². The van der Waals surface area contributed by atoms with Gasteiger partial charge in [0.15, 0.2) is 0 Å². The van der Waals surface area contributed by atoms with Gasteiger partial charge in [-0.3, -0.25) is 4.98 Å². The molecule has 5 heteroatoms. The molecule has 0 aliphatic carbocycles. The van der Waals surface area contributed by atoms with Gasteiger partial charge in [0.25, 0.3) is 0 Å². The van der Waals surface area contributed by atoms with Crippen molar-refractivity contribution in [3.05, 3.63) is 18.1 Å². The average molecular weight is 198 g/mol. The van der Waals surface area contributed by atoms with Gasteiger partial charge in [-0.05, 0) is 6.92 Å². The largest absolute Gasteiger partial charge is 0.474 e. The second-order valence-corrected chi connectivity index (χ2v) is 2.55. The highest BCUT2D eigenvalue weighted by Gasteiger charge is 1.96. The van der Waals surface area contributed by atoms with Crippen molar-refractivity contribution >= 4 is 0 Å². The van der Waals surface area contributed by atoms with E-state index in [1.165, 1.54) is 12.4 Å². The van der Waals surface area contributed by atoms with Crippen LogP contribution >= 0.6 is 0 Å². The van der Waals surface area contributed by atoms with Gasteiger partial charge < -0.3 is 14.6 Å². The van der Waals surface area contributed by atoms with Crippen LogP contribution in [0.1, 0.15) is 12.6 Å². The maximum atomic E-state index is 8.71. The molecule has 5 nitrogen and oxygen atoms in total. The maximum absolute atomic E-state index is 8.71. The minimum atomic E-state index is -0.105. The van der Waals surface area contributed by atoms with E-state index in [0.717, 1.165) is 0 Å². The molecule has 0 unspecified atom stereocenters. The van der Waals surface area contributed by atoms with Crippen molar-refractivity contribution in [1.82, 2.24) is 9.97 Å². The summed E-state index contributed by atoms with van der Waals surface area (Å²) in [5, 5.41) is 8.71. The molecule has 0 aromatic carbocycles. The van der Waals surface area contributed by atoms with Crippen LogP contribution in [-0.2, 0) is 11.3 Å². The highest BCUT2D eigenvalue weighted by Crippen LogP contribution is 2.03. The summed E-state index contributed by atoms with van der Waals surface area (Å²) in [5.41, 5.74) is 0.530. The van der Waals surface area contributed by atoms with E-state index in [2.05, 4.69) is 9.97 Å². The predicted octanol–water partition coefficient (Wildman–Crippen LogP) is 0.384. The van der Waals surface area contributed by atoms with E-state index >= 15 is 0 Å². The Morgan fingerprint density at radius 1 is 1.29 bits per heavy atom. The van der Waals surface area contributed by atoms with Crippen molar-refractivity contribution < 1.29 is 14.6 Å². The normalized spacial score (nSPS) is 10.1. The maximum Gasteiger partial charge on any atom is 0.232 e. The lowest BCUT2D eigenvalue weighted by atomic mass is 10.5. The molecule has 0 fully saturated rings. The Balaban J connectivity index is 2.29. The summed E-state index contributed by atoms with van der Waals surface area (Å²) in [6, 6.07) is 0. The molecule has 0 bridgehead atoms. The van der Waals surface area contributed by atoms with Crippen LogP contribution in [0.2, 0.25) is 0 Å². The van der Waals surface area contributed by atoms with Crippen molar-refractivity contribution in [3.8, 4) is 5.88 Å². The lowest BCUT2D eigenvalue weighted by Gasteiger charge is -2.04. The average Bonchev–Trinajstić information content (AvgIpc) is 2.25. The number of hydrogen-bond acceptors (Lipinski definition) is 5. The molecule has 1 heterocycles. The van der Waals surface area contributed by atoms with Crippen LogP contribution in [0.5, 0.6) is 5.88 Å². The Morgan fingerprint density at radius 3 is 2.71 bits per heavy atom. The highest BCUT2D eigenvalue weighted by molar-refractivity contribution is 5.06. The minimum Gasteiger partial charge on any atom is -0.474 e. The molecule has 0 aliphatic rings. The molecule has 0 saturated carbocycles. The molecule has 1 aromatic heterocycles. The first kappa shape index (κ1) is 10.9. The number of nitrogens with zero attached hydrogens (tertiary/aromatic N) is 2. The molecule has 1 rings (SSSR count). The quantitative estimate of drug-likeness (QED) is 0.669. The first-order valence-corrected chi connectivity index (χ1v) is 4.49. The van der Waals surface area contributed by atoms with Crippen LogP contribution in [0.4, 0.5) is 0 Å². The fourth-order valence-electron chi connectivity index (χ4n) is 0.849. The van der Waals surface area contributed by atoms with Gasteiger partial charge in [0.2, 0.25) is 5.88 Å². The molecule has 0 saturated heterocycles. The first-order valence-electron chi connectivity index (χ1n) is 4.49. The second kappa shape index (κ2) is 6.28. The summed E-state index contributed by atoms with van der Waals surface area (Å²) >= 11 is 0. The third-order valence-corrected chi connectivity index (χ3v) is 1.53. The Morgan fingerprint density at radius 2 is 2.14 bits per heavy atom. The third-order valence-electron chi connectivity index (χ3n) is 1.53. The zero-order chi connectivity index (χ0) is 10.2. The van der Waals surface area contributed by atoms with E-state index in [1.807, 2.05) is 6.92 Å². The van der Waals surface area contributed by atoms with Gasteiger partial charge in [0.05, 0.1) is 31.3 Å². The molecule has 1 aromatic rings. The molecule has 1 N–H and O–H groups in total. The summed E-state index contributed by atoms with van der Waals surface area (Å²) in [6.07, 6.45) is 2.97. The van der Waals surface area contributed by atoms with Crippen LogP contribution in [0.25, 0.3) is 0 Å². The Hall–Kier alpha value is -1.20. The molecule has 78 valence electrons. The van der Waals surface area contributed by atoms with Crippen molar-refractivity contribution in [2.45, 2.75) is 13.5 Å². The summed E-state index contributed by atoms with van der Waals surface area (Å²) in [7, 11) is 0. The predicted molar refractivity (Wildman–Crippen MR) is 49.9 cm³/mol. The molecule has 0 spiro atoms. The summed E-state index contributed by atoms with van der Waals surface area (Å²) < 4.78 is 10.3. The van der Waals surface area contributed by atoms with E-state index in [4.69, 9.17) is 14.6 Å². The lowest BCUT2D eigenvalue weighted by molar-refractivity contribution is 0.108. The molecular formula is C9H14N2O3. The monoisotopic (exact) mass is 198 g/mol. The molecule has 0 atom stereocenters. The smallest absolute Gasteiger partial charge is 0.232 e. The third kappa shape index (κ3) is 3.68. The van der Waals surface area contributed by atoms with Crippen molar-refractivity contribution in [3.63, 3.8) is 0 Å². The topological polar surface area (TPSA) is 64.5 Å². The number of aliphatic hydroxyl groups excluding tert-OH is 1. The highest BCUT2D eigenvalue weighted by atomic mass is 16.5. The fraction of sp³-hybridized carbons (Fsp3) is 0.556. The Labute approximate surface area is 82.7 Å². The number of aromatic nitrogens is 2. The second-order valence-electron chi connectivity index (χ2n) is 2.55. The van der Waals surface area contributed by atoms with Gasteiger partial charge in [0.1, 0.15) is 6.61 Å². The molecular weight excluding hydrogens is 184 g/mol. The van der Waals surface area contributed by atoms with Crippen molar-refractivity contribution in [1.29, 1.82) is 0 Å². The van der Waals surface area contributed by atoms with Crippen LogP contribution in [0, 0.1) is 0 Å². The number of aliphatic hydroxyl groups is 1. The SMILES string of the molecule is CCOCCOc1cnc(CO)cn1. The van der Waals surface area contributed by atoms with E-state index in [0.29, 0.717) is 31.4 Å². The van der Waals surface area contributed by atoms with Gasteiger partial charge in [-0.1, -0.05) is 0 Å². The van der Waals surface area contributed by atoms with Crippen molar-refractivity contribution in [2.24, 2.45) is 0 Å². The summed E-state index contributed by atoms with van der Waals surface area (Å²) in [5.74, 6) is 0.446. The van der Waals surface area contributed by atoms with Gasteiger partial charge in [0, 0.05) is 6.61 Å². The van der Waals surface area contributed by atoms with Crippen LogP contribution < -0.4 is 4.74 Å². The van der Waals surface area contributed by atoms with Crippen LogP contribution in [0.3, 0.4) is 0 Å². The molecule has 0 radical (unpaired) electrons. The standard InChI is InChI=1S/C9H14N2O3/c1-2-13-3-4-14-9-6-10-8(7-12)5-11-9/h5-6,12H,2-4,7H2,1H3. The van der Waals surface area contributed by atoms with E-state index in [1.54, 1.807) is 0 Å². The summed E-state index contributed by atoms with van der Waals surface area (Å²) in [6.45, 7) is 3.50. The molecule has 14 heavy (non-hydrogen) atoms. The van der Waals surface area contributed by atoms with E-state index in [-0.39, 0.29) is 6.61 Å². The van der Waals surface area contributed by atoms with E-state index in [9.17, 15) is 0 Å². The lowest BCUT2D eigenvalue weighted by Crippen LogP contribution is -2.07. The van der Waals surface area contributed by atoms with Gasteiger partial charge in [-0.15, -0.1) is 0 Å². The zero-order valence-electron chi connectivity index (χ0n) is 8.14. The molecule has 0 aliphatic heterocycles. The van der Waals surface area contributed by atoms with Gasteiger partial charge in [-0.25, -0.2) is 4.98 Å². The first-order chi connectivity index (χ1) is 6.86. The number of ether oxygens (including phenoxy) is 2. The Kier molecular flexibility index (Phi) is 4.88. The van der Waals surface area contributed by atoms with Crippen LogP contribution in [-0.4, -0.2) is 34.9 Å². The van der Waals surface area contributed by atoms with Crippen LogP contribution in [0.15, 0.2) is 12.4 Å². The number of rotatable bonds is 6. The van der Waals surface area contributed by atoms with Crippen molar-refractivity contribution in [2.75, 3.05) is 19.8 Å².